The van der Waals surface area contributed by atoms with Gasteiger partial charge in [0, 0.05) is 12.0 Å². The summed E-state index contributed by atoms with van der Waals surface area (Å²) < 4.78 is 10.9. The molecule has 0 spiro atoms. The molecule has 4 rings (SSSR count). The first-order chi connectivity index (χ1) is 19.2. The first kappa shape index (κ1) is 29.6. The number of methoxy groups -OCH3 is 1. The highest BCUT2D eigenvalue weighted by Gasteiger charge is 2.31. The lowest BCUT2D eigenvalue weighted by molar-refractivity contribution is -0.323. The minimum absolute atomic E-state index is 0.00489. The van der Waals surface area contributed by atoms with Crippen molar-refractivity contribution in [1.29, 1.82) is 0 Å². The van der Waals surface area contributed by atoms with Gasteiger partial charge in [-0.25, -0.2) is 9.78 Å². The summed E-state index contributed by atoms with van der Waals surface area (Å²) in [5, 5.41) is 46.0. The summed E-state index contributed by atoms with van der Waals surface area (Å²) >= 11 is 1.17. The van der Waals surface area contributed by atoms with Crippen LogP contribution in [0, 0.1) is 5.92 Å². The average molecular weight is 588 g/mol. The number of para-hydroxylation sites is 1. The normalized spacial score (nSPS) is 13.2. The fraction of sp³-hybridized carbons (Fsp3) is 0.360. The lowest BCUT2D eigenvalue weighted by Crippen LogP contribution is -2.48. The summed E-state index contributed by atoms with van der Waals surface area (Å²) in [6.07, 6.45) is -1.16. The van der Waals surface area contributed by atoms with E-state index in [0.29, 0.717) is 27.0 Å². The standard InChI is InChI=1S/C25H29N7O8S/c1-24(2,3)40-23(35)29-17-11-26-22(41-17)13-6-5-7-14(19(13)39-4)27-15-10-16(28-20(33)12-8-9-12)31-32-18(15)21(34)30-25(36,37)38/h5-7,10-12,36-38H,8-9H2,1-4H3,(H,29,35)(H,30,34)(H2,27,28,31,33). The second kappa shape index (κ2) is 11.6. The molecule has 1 aromatic carbocycles. The largest absolute Gasteiger partial charge is 0.494 e. The van der Waals surface area contributed by atoms with Crippen molar-refractivity contribution in [3.8, 4) is 16.3 Å². The molecule has 15 nitrogen and oxygen atoms in total. The highest BCUT2D eigenvalue weighted by molar-refractivity contribution is 7.19. The SMILES string of the molecule is COc1c(Nc2cc(NC(=O)C3CC3)nnc2C(=O)NC(O)(O)O)cccc1-c1ncc(NC(=O)OC(C)(C)C)s1. The highest BCUT2D eigenvalue weighted by Crippen LogP contribution is 2.41. The van der Waals surface area contributed by atoms with E-state index >= 15 is 0 Å². The maximum Gasteiger partial charge on any atom is 0.412 e. The number of aliphatic hydroxyl groups is 3. The van der Waals surface area contributed by atoms with E-state index in [-0.39, 0.29) is 23.3 Å². The number of ether oxygens (including phenoxy) is 2. The van der Waals surface area contributed by atoms with Gasteiger partial charge in [-0.15, -0.1) is 10.2 Å². The van der Waals surface area contributed by atoms with Crippen LogP contribution in [0.1, 0.15) is 44.1 Å². The molecule has 7 N–H and O–H groups in total. The summed E-state index contributed by atoms with van der Waals surface area (Å²) in [7, 11) is 1.43. The second-order valence-corrected chi connectivity index (χ2v) is 11.0. The Morgan fingerprint density at radius 2 is 1.78 bits per heavy atom. The molecule has 0 unspecified atom stereocenters. The van der Waals surface area contributed by atoms with Crippen molar-refractivity contribution < 1.29 is 39.2 Å². The summed E-state index contributed by atoms with van der Waals surface area (Å²) in [5.74, 6) is -1.21. The zero-order chi connectivity index (χ0) is 29.9. The van der Waals surface area contributed by atoms with Crippen molar-refractivity contribution in [3.05, 3.63) is 36.2 Å². The Balaban J connectivity index is 1.65. The number of thiazole rings is 1. The van der Waals surface area contributed by atoms with Crippen LogP contribution in [0.25, 0.3) is 10.6 Å². The number of amides is 3. The van der Waals surface area contributed by atoms with E-state index in [0.717, 1.165) is 12.8 Å². The van der Waals surface area contributed by atoms with Gasteiger partial charge < -0.3 is 35.4 Å². The number of carbonyl (C=O) groups is 3. The molecule has 3 aromatic rings. The Morgan fingerprint density at radius 3 is 2.41 bits per heavy atom. The minimum atomic E-state index is -3.51. The molecule has 2 aromatic heterocycles. The Kier molecular flexibility index (Phi) is 8.39. The van der Waals surface area contributed by atoms with Crippen molar-refractivity contribution in [2.24, 2.45) is 5.92 Å². The first-order valence-electron chi connectivity index (χ1n) is 12.3. The van der Waals surface area contributed by atoms with E-state index in [1.54, 1.807) is 44.3 Å². The van der Waals surface area contributed by atoms with Crippen LogP contribution >= 0.6 is 11.3 Å². The van der Waals surface area contributed by atoms with Gasteiger partial charge in [0.25, 0.3) is 5.91 Å². The fourth-order valence-electron chi connectivity index (χ4n) is 3.53. The van der Waals surface area contributed by atoms with Gasteiger partial charge in [0.05, 0.1) is 30.2 Å². The Morgan fingerprint density at radius 1 is 1.05 bits per heavy atom. The molecule has 0 aliphatic heterocycles. The number of benzene rings is 1. The van der Waals surface area contributed by atoms with Crippen LogP contribution in [0.2, 0.25) is 0 Å². The minimum Gasteiger partial charge on any atom is -0.494 e. The molecule has 1 aliphatic rings. The second-order valence-electron chi connectivity index (χ2n) is 10.0. The molecule has 1 aliphatic carbocycles. The number of nitrogens with zero attached hydrogens (tertiary/aromatic N) is 3. The third kappa shape index (κ3) is 8.07. The monoisotopic (exact) mass is 587 g/mol. The number of rotatable bonds is 9. The van der Waals surface area contributed by atoms with E-state index in [1.165, 1.54) is 30.7 Å². The maximum absolute atomic E-state index is 12.6. The Labute approximate surface area is 237 Å². The van der Waals surface area contributed by atoms with Crippen LogP contribution in [0.4, 0.5) is 27.0 Å². The Bertz CT molecular complexity index is 1460. The quantitative estimate of drug-likeness (QED) is 0.180. The van der Waals surface area contributed by atoms with E-state index in [2.05, 4.69) is 31.1 Å². The molecule has 0 atom stereocenters. The third-order valence-corrected chi connectivity index (χ3v) is 6.28. The molecule has 2 heterocycles. The van der Waals surface area contributed by atoms with E-state index in [4.69, 9.17) is 9.47 Å². The summed E-state index contributed by atoms with van der Waals surface area (Å²) in [5.41, 5.74) is -0.232. The average Bonchev–Trinajstić information content (AvgIpc) is 3.61. The smallest absolute Gasteiger partial charge is 0.412 e. The molecule has 41 heavy (non-hydrogen) atoms. The summed E-state index contributed by atoms with van der Waals surface area (Å²) in [4.78, 5) is 41.4. The molecular formula is C25H29N7O8S. The summed E-state index contributed by atoms with van der Waals surface area (Å²) in [6.45, 7) is 5.25. The van der Waals surface area contributed by atoms with E-state index < -0.39 is 29.4 Å². The molecular weight excluding hydrogens is 558 g/mol. The number of hydrogen-bond donors (Lipinski definition) is 7. The molecule has 3 amide bonds. The van der Waals surface area contributed by atoms with Gasteiger partial charge in [0.15, 0.2) is 17.3 Å². The first-order valence-corrected chi connectivity index (χ1v) is 13.1. The van der Waals surface area contributed by atoms with Gasteiger partial charge in [-0.05, 0) is 45.7 Å². The number of aromatic nitrogens is 3. The van der Waals surface area contributed by atoms with E-state index in [1.807, 2.05) is 0 Å². The number of carbonyl (C=O) groups excluding carboxylic acids is 3. The van der Waals surface area contributed by atoms with Gasteiger partial charge in [-0.2, -0.15) is 0 Å². The van der Waals surface area contributed by atoms with Gasteiger partial charge in [0.1, 0.15) is 15.6 Å². The molecule has 1 fully saturated rings. The van der Waals surface area contributed by atoms with Gasteiger partial charge >= 0.3 is 12.2 Å². The zero-order valence-corrected chi connectivity index (χ0v) is 23.3. The zero-order valence-electron chi connectivity index (χ0n) is 22.5. The molecule has 218 valence electrons. The summed E-state index contributed by atoms with van der Waals surface area (Å²) in [6, 6.07) is 6.38. The molecule has 0 radical (unpaired) electrons. The number of hydrogen-bond acceptors (Lipinski definition) is 13. The van der Waals surface area contributed by atoms with E-state index in [9.17, 15) is 29.7 Å². The molecule has 16 heteroatoms. The maximum atomic E-state index is 12.6. The van der Waals surface area contributed by atoms with Crippen LogP contribution in [0.15, 0.2) is 30.5 Å². The van der Waals surface area contributed by atoms with Gasteiger partial charge in [-0.1, -0.05) is 17.4 Å². The van der Waals surface area contributed by atoms with Crippen LogP contribution in [-0.2, 0) is 9.53 Å². The van der Waals surface area contributed by atoms with Crippen molar-refractivity contribution >= 4 is 51.4 Å². The van der Waals surface area contributed by atoms with Crippen molar-refractivity contribution in [3.63, 3.8) is 0 Å². The lowest BCUT2D eigenvalue weighted by atomic mass is 10.1. The highest BCUT2D eigenvalue weighted by atomic mass is 32.1. The van der Waals surface area contributed by atoms with Crippen LogP contribution < -0.4 is 26.0 Å². The van der Waals surface area contributed by atoms with Gasteiger partial charge in [-0.3, -0.25) is 20.2 Å². The Hall–Kier alpha value is -4.38. The topological polar surface area (TPSA) is 217 Å². The van der Waals surface area contributed by atoms with Gasteiger partial charge in [0.2, 0.25) is 5.91 Å². The molecule has 1 saturated carbocycles. The lowest BCUT2D eigenvalue weighted by Gasteiger charge is -2.19. The number of anilines is 4. The van der Waals surface area contributed by atoms with Crippen molar-refractivity contribution in [1.82, 2.24) is 20.5 Å². The molecule has 0 bridgehead atoms. The van der Waals surface area contributed by atoms with Crippen LogP contribution in [0.5, 0.6) is 5.75 Å². The van der Waals surface area contributed by atoms with Crippen LogP contribution in [0.3, 0.4) is 0 Å². The fourth-order valence-corrected chi connectivity index (χ4v) is 4.35. The third-order valence-electron chi connectivity index (χ3n) is 5.34. The number of nitrogens with one attached hydrogen (secondary N) is 4. The molecule has 0 saturated heterocycles. The van der Waals surface area contributed by atoms with Crippen molar-refractivity contribution in [2.45, 2.75) is 45.3 Å². The van der Waals surface area contributed by atoms with Crippen LogP contribution in [-0.4, -0.2) is 67.2 Å². The van der Waals surface area contributed by atoms with Crippen molar-refractivity contribution in [2.75, 3.05) is 23.1 Å². The predicted octanol–water partition coefficient (Wildman–Crippen LogP) is 2.37. The predicted molar refractivity (Wildman–Crippen MR) is 147 cm³/mol.